The number of carbonyl (C=O) groups excluding carboxylic acids is 4. The molecule has 1 aromatic carbocycles. The number of hydrogen-bond acceptors (Lipinski definition) is 16. The quantitative estimate of drug-likeness (QED) is 0.0219. The number of fused-ring (bicyclic) bond motifs is 11. The Kier molecular flexibility index (Phi) is 27.6. The number of carbonyl (C=O) groups is 8. The van der Waals surface area contributed by atoms with E-state index >= 15 is 0 Å². The number of hydrogen-bond donors (Lipinski definition) is 9. The standard InChI is InChI=1S/C42H67N7O17/c1-29(2)22-33-32(41(60)46-62)4-3-15-66-31-7-5-30(6-8-31)23-34(45-40(33)59)42(61)44-10-17-64-19-21-65-20-18-63-16-9-43-35(50)24-47(11-13-48(25-36(51)52)26-37(53)54)12-14-49(27-38(55)56)28-39(57)58/h5-8,29,32-34,62H,3-4,9-28H2,1-2H3,(H,43,50)(H,44,61)(H,45,59)(H,46,60)(H,51,52)(H,53,54)(H,55,56)(H,57,58)/t32-,33+,34?/m0/s1. The molecule has 0 spiro atoms. The molecule has 4 amide bonds. The van der Waals surface area contributed by atoms with Crippen molar-refractivity contribution in [3.63, 3.8) is 0 Å². The molecule has 0 aromatic heterocycles. The van der Waals surface area contributed by atoms with Crippen LogP contribution in [0.1, 0.15) is 38.7 Å². The van der Waals surface area contributed by atoms with Crippen LogP contribution in [-0.2, 0) is 59.0 Å². The van der Waals surface area contributed by atoms with Crippen molar-refractivity contribution in [1.82, 2.24) is 36.1 Å². The Hall–Kier alpha value is -5.50. The SMILES string of the molecule is CC(C)C[C@H]1C(=O)NC(C(=O)NCCOCCOCCOCCNC(=O)CN(CCN(CC(=O)O)CC(=O)O)CCN(CC(=O)O)CC(=O)O)Cc2ccc(cc2)OCCC[C@@H]1C(=O)NO. The van der Waals surface area contributed by atoms with Crippen LogP contribution in [0.25, 0.3) is 0 Å². The summed E-state index contributed by atoms with van der Waals surface area (Å²) >= 11 is 0. The van der Waals surface area contributed by atoms with E-state index in [1.165, 1.54) is 4.90 Å². The Morgan fingerprint density at radius 1 is 0.697 bits per heavy atom. The van der Waals surface area contributed by atoms with Crippen LogP contribution >= 0.6 is 0 Å². The minimum Gasteiger partial charge on any atom is -0.494 e. The lowest BCUT2D eigenvalue weighted by Gasteiger charge is -2.29. The van der Waals surface area contributed by atoms with Crippen LogP contribution in [0.3, 0.4) is 0 Å². The molecule has 3 atom stereocenters. The molecule has 372 valence electrons. The molecule has 24 heteroatoms. The summed E-state index contributed by atoms with van der Waals surface area (Å²) in [7, 11) is 0. The van der Waals surface area contributed by atoms with Gasteiger partial charge in [-0.3, -0.25) is 58.3 Å². The molecule has 1 aromatic rings. The van der Waals surface area contributed by atoms with Crippen LogP contribution in [-0.4, -0.2) is 212 Å². The Labute approximate surface area is 383 Å². The molecule has 24 nitrogen and oxygen atoms in total. The summed E-state index contributed by atoms with van der Waals surface area (Å²) in [5.74, 6) is -8.03. The Morgan fingerprint density at radius 2 is 1.18 bits per heavy atom. The van der Waals surface area contributed by atoms with Crippen molar-refractivity contribution in [1.29, 1.82) is 0 Å². The second-order valence-electron chi connectivity index (χ2n) is 16.0. The van der Waals surface area contributed by atoms with Gasteiger partial charge in [0.1, 0.15) is 11.8 Å². The normalized spacial score (nSPS) is 16.7. The molecule has 0 saturated carbocycles. The zero-order valence-corrected chi connectivity index (χ0v) is 37.7. The van der Waals surface area contributed by atoms with Crippen LogP contribution < -0.4 is 26.2 Å². The summed E-state index contributed by atoms with van der Waals surface area (Å²) in [5.41, 5.74) is 2.47. The van der Waals surface area contributed by atoms with E-state index in [1.54, 1.807) is 17.6 Å². The monoisotopic (exact) mass is 941 g/mol. The maximum Gasteiger partial charge on any atom is 0.317 e. The molecule has 0 aliphatic carbocycles. The van der Waals surface area contributed by atoms with Gasteiger partial charge in [-0.05, 0) is 42.9 Å². The van der Waals surface area contributed by atoms with Gasteiger partial charge in [0.25, 0.3) is 0 Å². The third kappa shape index (κ3) is 25.3. The van der Waals surface area contributed by atoms with Gasteiger partial charge in [-0.1, -0.05) is 26.0 Å². The van der Waals surface area contributed by atoms with Gasteiger partial charge in [-0.15, -0.1) is 0 Å². The largest absolute Gasteiger partial charge is 0.494 e. The van der Waals surface area contributed by atoms with Gasteiger partial charge in [0.2, 0.25) is 23.6 Å². The van der Waals surface area contributed by atoms with Gasteiger partial charge < -0.3 is 55.3 Å². The molecular formula is C42H67N7O17. The first-order valence-electron chi connectivity index (χ1n) is 21.7. The number of carboxylic acid groups (broad SMARTS) is 4. The number of hydroxylamine groups is 1. The third-order valence-electron chi connectivity index (χ3n) is 10.0. The Balaban J connectivity index is 1.77. The van der Waals surface area contributed by atoms with Crippen molar-refractivity contribution >= 4 is 47.5 Å². The fraction of sp³-hybridized carbons (Fsp3) is 0.667. The number of nitrogens with zero attached hydrogens (tertiary/aromatic N) is 3. The molecule has 0 saturated heterocycles. The van der Waals surface area contributed by atoms with Crippen LogP contribution in [0.5, 0.6) is 5.75 Å². The zero-order valence-electron chi connectivity index (χ0n) is 37.7. The van der Waals surface area contributed by atoms with Gasteiger partial charge >= 0.3 is 23.9 Å². The second-order valence-corrected chi connectivity index (χ2v) is 16.0. The highest BCUT2D eigenvalue weighted by Crippen LogP contribution is 2.27. The van der Waals surface area contributed by atoms with Gasteiger partial charge in [-0.25, -0.2) is 5.48 Å². The summed E-state index contributed by atoms with van der Waals surface area (Å²) in [6.07, 6.45) is 1.27. The number of carboxylic acids is 4. The van der Waals surface area contributed by atoms with E-state index in [0.29, 0.717) is 25.2 Å². The first kappa shape index (κ1) is 56.6. The zero-order chi connectivity index (χ0) is 48.9. The number of rotatable bonds is 32. The van der Waals surface area contributed by atoms with Crippen molar-refractivity contribution in [2.24, 2.45) is 17.8 Å². The predicted molar refractivity (Wildman–Crippen MR) is 232 cm³/mol. The van der Waals surface area contributed by atoms with Crippen molar-refractivity contribution in [2.45, 2.75) is 45.6 Å². The number of aliphatic carboxylic acids is 4. The lowest BCUT2D eigenvalue weighted by Crippen LogP contribution is -2.52. The smallest absolute Gasteiger partial charge is 0.317 e. The summed E-state index contributed by atoms with van der Waals surface area (Å²) in [6.45, 7) is 2.94. The molecule has 3 rings (SSSR count). The lowest BCUT2D eigenvalue weighted by molar-refractivity contribution is -0.143. The molecule has 66 heavy (non-hydrogen) atoms. The number of ether oxygens (including phenoxy) is 4. The highest BCUT2D eigenvalue weighted by atomic mass is 16.5. The van der Waals surface area contributed by atoms with Crippen molar-refractivity contribution in [3.8, 4) is 5.75 Å². The van der Waals surface area contributed by atoms with Crippen LogP contribution in [0.4, 0.5) is 0 Å². The molecule has 2 bridgehead atoms. The van der Waals surface area contributed by atoms with Gasteiger partial charge in [0.15, 0.2) is 0 Å². The van der Waals surface area contributed by atoms with Gasteiger partial charge in [-0.2, -0.15) is 0 Å². The molecule has 0 radical (unpaired) electrons. The van der Waals surface area contributed by atoms with E-state index in [-0.39, 0.29) is 104 Å². The van der Waals surface area contributed by atoms with Crippen molar-refractivity contribution in [2.75, 3.05) is 118 Å². The number of benzene rings is 1. The van der Waals surface area contributed by atoms with Gasteiger partial charge in [0, 0.05) is 51.6 Å². The lowest BCUT2D eigenvalue weighted by atomic mass is 9.81. The van der Waals surface area contributed by atoms with Crippen molar-refractivity contribution < 1.29 is 82.9 Å². The van der Waals surface area contributed by atoms with E-state index in [0.717, 1.165) is 15.4 Å². The molecule has 2 aliphatic rings. The summed E-state index contributed by atoms with van der Waals surface area (Å²) < 4.78 is 22.4. The second kappa shape index (κ2) is 32.2. The van der Waals surface area contributed by atoms with E-state index in [2.05, 4.69) is 16.0 Å². The first-order chi connectivity index (χ1) is 31.5. The third-order valence-corrected chi connectivity index (χ3v) is 10.0. The molecular weight excluding hydrogens is 874 g/mol. The predicted octanol–water partition coefficient (Wildman–Crippen LogP) is -1.80. The maximum absolute atomic E-state index is 13.7. The Morgan fingerprint density at radius 3 is 1.67 bits per heavy atom. The minimum absolute atomic E-state index is 0.0240. The molecule has 9 N–H and O–H groups in total. The number of amides is 4. The average molecular weight is 942 g/mol. The van der Waals surface area contributed by atoms with E-state index < -0.39 is 91.6 Å². The minimum atomic E-state index is -1.25. The summed E-state index contributed by atoms with van der Waals surface area (Å²) in [5, 5.41) is 54.4. The molecule has 1 unspecified atom stereocenters. The summed E-state index contributed by atoms with van der Waals surface area (Å²) in [6, 6.07) is 6.22. The molecule has 2 heterocycles. The van der Waals surface area contributed by atoms with Crippen LogP contribution in [0, 0.1) is 17.8 Å². The molecule has 2 aliphatic heterocycles. The topological polar surface area (TPSA) is 332 Å². The van der Waals surface area contributed by atoms with Crippen LogP contribution in [0.15, 0.2) is 24.3 Å². The first-order valence-corrected chi connectivity index (χ1v) is 21.7. The van der Waals surface area contributed by atoms with E-state index in [4.69, 9.17) is 39.4 Å². The average Bonchev–Trinajstić information content (AvgIpc) is 3.24. The fourth-order valence-electron chi connectivity index (χ4n) is 6.96. The fourth-order valence-corrected chi connectivity index (χ4v) is 6.96. The maximum atomic E-state index is 13.7. The van der Waals surface area contributed by atoms with Crippen molar-refractivity contribution in [3.05, 3.63) is 29.8 Å². The Bertz CT molecular complexity index is 1610. The number of nitrogens with one attached hydrogen (secondary N) is 4. The van der Waals surface area contributed by atoms with E-state index in [1.807, 2.05) is 26.0 Å². The van der Waals surface area contributed by atoms with Gasteiger partial charge in [0.05, 0.1) is 84.9 Å². The van der Waals surface area contributed by atoms with Crippen LogP contribution in [0.2, 0.25) is 0 Å². The summed E-state index contributed by atoms with van der Waals surface area (Å²) in [4.78, 5) is 101. The highest BCUT2D eigenvalue weighted by Gasteiger charge is 2.36. The van der Waals surface area contributed by atoms with E-state index in [9.17, 15) is 43.6 Å². The molecule has 0 fully saturated rings. The highest BCUT2D eigenvalue weighted by molar-refractivity contribution is 5.91.